The normalized spacial score (nSPS) is 12.4. The number of hydrogen-bond acceptors (Lipinski definition) is 6. The fraction of sp³-hybridized carbons (Fsp3) is 0.833. The third-order valence-corrected chi connectivity index (χ3v) is 7.23. The van der Waals surface area contributed by atoms with Gasteiger partial charge in [0.2, 0.25) is 0 Å². The van der Waals surface area contributed by atoms with Crippen LogP contribution in [0.2, 0.25) is 0 Å². The van der Waals surface area contributed by atoms with Gasteiger partial charge in [0.1, 0.15) is 0 Å². The average molecular weight is 455 g/mol. The van der Waals surface area contributed by atoms with Gasteiger partial charge in [-0.15, -0.1) is 0 Å². The number of carboxylic acids is 1. The zero-order valence-corrected chi connectivity index (χ0v) is 16.0. The summed E-state index contributed by atoms with van der Waals surface area (Å²) in [6, 6.07) is 0. The fourth-order valence-electron chi connectivity index (χ4n) is 0.733. The Kier molecular flexibility index (Phi) is 14.8. The Balaban J connectivity index is -0.000000293. The second kappa shape index (κ2) is 12.4. The van der Waals surface area contributed by atoms with Crippen molar-refractivity contribution in [2.45, 2.75) is 12.8 Å². The van der Waals surface area contributed by atoms with Gasteiger partial charge in [-0.05, 0) is 13.0 Å². The molecular formula is C6H21NO14P4. The van der Waals surface area contributed by atoms with Gasteiger partial charge in [-0.1, -0.05) is 0 Å². The SMILES string of the molecule is NCCCC(=O)O.O=P(O)(O)CP(=O)(O)O.O=P(O)(O)CP(=O)(O)O. The van der Waals surface area contributed by atoms with Crippen molar-refractivity contribution in [3.8, 4) is 0 Å². The molecule has 15 nitrogen and oxygen atoms in total. The average Bonchev–Trinajstić information content (AvgIpc) is 2.16. The zero-order chi connectivity index (χ0) is 21.1. The minimum absolute atomic E-state index is 0.191. The third-order valence-electron chi connectivity index (χ3n) is 1.33. The summed E-state index contributed by atoms with van der Waals surface area (Å²) in [5.41, 5.74) is 5.01. The largest absolute Gasteiger partial charge is 0.481 e. The topological polar surface area (TPSA) is 293 Å². The van der Waals surface area contributed by atoms with Crippen molar-refractivity contribution in [2.24, 2.45) is 5.73 Å². The first kappa shape index (κ1) is 29.8. The monoisotopic (exact) mass is 455 g/mol. The number of aliphatic carboxylic acids is 1. The van der Waals surface area contributed by atoms with Crippen molar-refractivity contribution in [3.05, 3.63) is 0 Å². The Morgan fingerprint density at radius 2 is 0.920 bits per heavy atom. The minimum Gasteiger partial charge on any atom is -0.481 e. The van der Waals surface area contributed by atoms with Gasteiger partial charge in [0.05, 0.1) is 0 Å². The van der Waals surface area contributed by atoms with E-state index in [1.165, 1.54) is 0 Å². The van der Waals surface area contributed by atoms with E-state index in [0.29, 0.717) is 13.0 Å². The van der Waals surface area contributed by atoms with Crippen molar-refractivity contribution in [3.63, 3.8) is 0 Å². The Morgan fingerprint density at radius 3 is 0.960 bits per heavy atom. The lowest BCUT2D eigenvalue weighted by Crippen LogP contribution is -2.02. The molecule has 0 spiro atoms. The molecule has 0 amide bonds. The van der Waals surface area contributed by atoms with Crippen LogP contribution in [0.4, 0.5) is 0 Å². The highest BCUT2D eigenvalue weighted by Crippen LogP contribution is 2.52. The van der Waals surface area contributed by atoms with Gasteiger partial charge in [0.15, 0.2) is 11.8 Å². The van der Waals surface area contributed by atoms with Gasteiger partial charge in [0, 0.05) is 6.42 Å². The highest BCUT2D eigenvalue weighted by molar-refractivity contribution is 7.69. The van der Waals surface area contributed by atoms with Gasteiger partial charge >= 0.3 is 36.4 Å². The molecule has 0 aromatic rings. The van der Waals surface area contributed by atoms with E-state index in [4.69, 9.17) is 50.0 Å². The first-order valence-corrected chi connectivity index (χ1v) is 13.0. The first-order chi connectivity index (χ1) is 10.7. The van der Waals surface area contributed by atoms with Gasteiger partial charge in [-0.2, -0.15) is 0 Å². The first-order valence-electron chi connectivity index (χ1n) is 5.78. The molecule has 0 aliphatic rings. The van der Waals surface area contributed by atoms with Crippen molar-refractivity contribution in [1.82, 2.24) is 0 Å². The molecule has 0 bridgehead atoms. The van der Waals surface area contributed by atoms with Crippen molar-refractivity contribution in [2.75, 3.05) is 18.4 Å². The van der Waals surface area contributed by atoms with E-state index in [9.17, 15) is 23.1 Å². The molecule has 0 fully saturated rings. The molecule has 0 aromatic heterocycles. The Bertz CT molecular complexity index is 484. The molecule has 0 saturated heterocycles. The smallest absolute Gasteiger partial charge is 0.337 e. The maximum absolute atomic E-state index is 9.85. The second-order valence-corrected chi connectivity index (χ2v) is 11.8. The van der Waals surface area contributed by atoms with E-state index in [1.807, 2.05) is 0 Å². The maximum Gasteiger partial charge on any atom is 0.337 e. The number of carboxylic acid groups (broad SMARTS) is 1. The van der Waals surface area contributed by atoms with E-state index >= 15 is 0 Å². The molecule has 0 radical (unpaired) electrons. The van der Waals surface area contributed by atoms with Crippen LogP contribution >= 0.6 is 30.4 Å². The fourth-order valence-corrected chi connectivity index (χ4v) is 4.57. The van der Waals surface area contributed by atoms with Crippen LogP contribution in [0.25, 0.3) is 0 Å². The molecule has 0 saturated carbocycles. The lowest BCUT2D eigenvalue weighted by atomic mass is 10.3. The summed E-state index contributed by atoms with van der Waals surface area (Å²) in [4.78, 5) is 73.5. The van der Waals surface area contributed by atoms with Crippen LogP contribution in [-0.2, 0) is 23.1 Å². The van der Waals surface area contributed by atoms with E-state index in [1.54, 1.807) is 0 Å². The van der Waals surface area contributed by atoms with E-state index < -0.39 is 48.2 Å². The predicted molar refractivity (Wildman–Crippen MR) is 83.8 cm³/mol. The highest BCUT2D eigenvalue weighted by atomic mass is 31.2. The Morgan fingerprint density at radius 1 is 0.680 bits per heavy atom. The number of nitrogens with two attached hydrogens (primary N) is 1. The van der Waals surface area contributed by atoms with E-state index in [0.717, 1.165) is 0 Å². The van der Waals surface area contributed by atoms with Crippen LogP contribution in [-0.4, -0.2) is 68.6 Å². The standard InChI is InChI=1S/C4H9NO2.2CH6O6P2/c5-3-1-2-4(6)7;2*2-8(3,4)1-9(5,6)7/h1-3,5H2,(H,6,7);2*1H2,(H2,2,3,4)(H2,5,6,7). The maximum atomic E-state index is 9.85. The Hall–Kier alpha value is 0.0300. The molecule has 0 aliphatic carbocycles. The molecule has 19 heteroatoms. The van der Waals surface area contributed by atoms with Gasteiger partial charge < -0.3 is 50.0 Å². The Labute approximate surface area is 141 Å². The van der Waals surface area contributed by atoms with Crippen molar-refractivity contribution in [1.29, 1.82) is 0 Å². The van der Waals surface area contributed by atoms with Crippen molar-refractivity contribution >= 4 is 36.4 Å². The van der Waals surface area contributed by atoms with E-state index in [2.05, 4.69) is 0 Å². The number of carbonyl (C=O) groups is 1. The zero-order valence-electron chi connectivity index (χ0n) is 12.5. The summed E-state index contributed by atoms with van der Waals surface area (Å²) in [7, 11) is -18.2. The van der Waals surface area contributed by atoms with Crippen LogP contribution in [0.15, 0.2) is 0 Å². The molecule has 0 aromatic carbocycles. The summed E-state index contributed by atoms with van der Waals surface area (Å²) in [5, 5.41) is 7.99. The van der Waals surface area contributed by atoms with Crippen molar-refractivity contribution < 1.29 is 67.3 Å². The molecule has 11 N–H and O–H groups in total. The van der Waals surface area contributed by atoms with Crippen LogP contribution in [0.1, 0.15) is 12.8 Å². The van der Waals surface area contributed by atoms with Crippen LogP contribution < -0.4 is 5.73 Å². The van der Waals surface area contributed by atoms with Gasteiger partial charge in [0.25, 0.3) is 0 Å². The van der Waals surface area contributed by atoms with E-state index in [-0.39, 0.29) is 6.42 Å². The minimum atomic E-state index is -4.55. The number of rotatable bonds is 7. The molecule has 0 atom stereocenters. The molecule has 25 heavy (non-hydrogen) atoms. The lowest BCUT2D eigenvalue weighted by Gasteiger charge is -2.03. The molecule has 0 unspecified atom stereocenters. The molecule has 0 rings (SSSR count). The predicted octanol–water partition coefficient (Wildman–Crippen LogP) is -1.59. The third kappa shape index (κ3) is 45.4. The summed E-state index contributed by atoms with van der Waals surface area (Å²) in [6.45, 7) is 0.465. The number of hydrogen-bond donors (Lipinski definition) is 10. The second-order valence-electron chi connectivity index (χ2n) is 4.23. The van der Waals surface area contributed by atoms with Gasteiger partial charge in [-0.25, -0.2) is 0 Å². The highest BCUT2D eigenvalue weighted by Gasteiger charge is 2.27. The van der Waals surface area contributed by atoms with Crippen LogP contribution in [0.5, 0.6) is 0 Å². The quantitative estimate of drug-likeness (QED) is 0.193. The molecule has 0 aliphatic heterocycles. The lowest BCUT2D eigenvalue weighted by molar-refractivity contribution is -0.137. The van der Waals surface area contributed by atoms with Gasteiger partial charge in [-0.3, -0.25) is 23.1 Å². The molecule has 154 valence electrons. The summed E-state index contributed by atoms with van der Waals surface area (Å²) in [5.74, 6) is -3.52. The molecule has 0 heterocycles. The van der Waals surface area contributed by atoms with Crippen LogP contribution in [0, 0.1) is 0 Å². The summed E-state index contributed by atoms with van der Waals surface area (Å²) in [6.07, 6.45) is 0.770. The summed E-state index contributed by atoms with van der Waals surface area (Å²) >= 11 is 0. The van der Waals surface area contributed by atoms with Crippen LogP contribution in [0.3, 0.4) is 0 Å². The summed E-state index contributed by atoms with van der Waals surface area (Å²) < 4.78 is 39.4. The molecular weight excluding hydrogens is 434 g/mol.